The monoisotopic (exact) mass is 168 g/mol. The molecule has 1 aromatic heterocycles. The van der Waals surface area contributed by atoms with Gasteiger partial charge in [0.1, 0.15) is 0 Å². The van der Waals surface area contributed by atoms with Crippen LogP contribution >= 0.6 is 0 Å². The van der Waals surface area contributed by atoms with E-state index in [4.69, 9.17) is 5.11 Å². The van der Waals surface area contributed by atoms with Crippen LogP contribution in [0, 0.1) is 5.92 Å². The van der Waals surface area contributed by atoms with Crippen molar-refractivity contribution >= 4 is 5.97 Å². The van der Waals surface area contributed by atoms with Gasteiger partial charge < -0.3 is 9.67 Å². The molecule has 0 amide bonds. The maximum absolute atomic E-state index is 10.4. The molecule has 0 radical (unpaired) electrons. The van der Waals surface area contributed by atoms with E-state index in [-0.39, 0.29) is 5.69 Å². The Morgan fingerprint density at radius 3 is 2.83 bits per heavy atom. The third kappa shape index (κ3) is 2.08. The number of hydrogen-bond donors (Lipinski definition) is 1. The van der Waals surface area contributed by atoms with Crippen molar-refractivity contribution in [2.75, 3.05) is 0 Å². The molecule has 0 atom stereocenters. The van der Waals surface area contributed by atoms with Crippen molar-refractivity contribution in [1.29, 1.82) is 0 Å². The molecular weight excluding hydrogens is 156 g/mol. The number of imidazole rings is 1. The van der Waals surface area contributed by atoms with Gasteiger partial charge in [-0.15, -0.1) is 0 Å². The Morgan fingerprint density at radius 1 is 1.75 bits per heavy atom. The fraction of sp³-hybridized carbons (Fsp3) is 0.500. The summed E-state index contributed by atoms with van der Waals surface area (Å²) in [5.74, 6) is -0.474. The molecule has 0 aliphatic rings. The van der Waals surface area contributed by atoms with Crippen molar-refractivity contribution in [1.82, 2.24) is 9.55 Å². The topological polar surface area (TPSA) is 55.1 Å². The van der Waals surface area contributed by atoms with Crippen molar-refractivity contribution in [3.63, 3.8) is 0 Å². The highest BCUT2D eigenvalue weighted by atomic mass is 16.4. The first-order valence-corrected chi connectivity index (χ1v) is 3.84. The normalized spacial score (nSPS) is 10.6. The molecule has 0 aromatic carbocycles. The SMILES string of the molecule is CC(C)Cn1cnc(C(=O)O)c1. The van der Waals surface area contributed by atoms with E-state index in [1.807, 2.05) is 0 Å². The highest BCUT2D eigenvalue weighted by molar-refractivity contribution is 5.84. The van der Waals surface area contributed by atoms with Crippen molar-refractivity contribution < 1.29 is 9.90 Å². The Morgan fingerprint density at radius 2 is 2.42 bits per heavy atom. The fourth-order valence-corrected chi connectivity index (χ4v) is 0.992. The molecule has 1 rings (SSSR count). The number of nitrogens with zero attached hydrogens (tertiary/aromatic N) is 2. The highest BCUT2D eigenvalue weighted by Gasteiger charge is 2.06. The number of aromatic nitrogens is 2. The lowest BCUT2D eigenvalue weighted by atomic mass is 10.2. The van der Waals surface area contributed by atoms with E-state index in [9.17, 15) is 4.79 Å². The van der Waals surface area contributed by atoms with E-state index in [1.165, 1.54) is 0 Å². The zero-order chi connectivity index (χ0) is 9.14. The van der Waals surface area contributed by atoms with E-state index in [2.05, 4.69) is 18.8 Å². The van der Waals surface area contributed by atoms with Crippen LogP contribution in [0.5, 0.6) is 0 Å². The molecule has 0 saturated carbocycles. The first-order valence-electron chi connectivity index (χ1n) is 3.84. The molecule has 0 unspecified atom stereocenters. The Kier molecular flexibility index (Phi) is 2.47. The fourth-order valence-electron chi connectivity index (χ4n) is 0.992. The predicted molar refractivity (Wildman–Crippen MR) is 44.0 cm³/mol. The summed E-state index contributed by atoms with van der Waals surface area (Å²) in [6, 6.07) is 0. The molecule has 0 spiro atoms. The van der Waals surface area contributed by atoms with Crippen molar-refractivity contribution in [3.05, 3.63) is 18.2 Å². The molecule has 12 heavy (non-hydrogen) atoms. The lowest BCUT2D eigenvalue weighted by Crippen LogP contribution is -2.02. The Labute approximate surface area is 70.9 Å². The molecule has 0 aliphatic carbocycles. The molecular formula is C8H12N2O2. The maximum atomic E-state index is 10.4. The van der Waals surface area contributed by atoms with Gasteiger partial charge in [-0.2, -0.15) is 0 Å². The van der Waals surface area contributed by atoms with Gasteiger partial charge in [-0.25, -0.2) is 9.78 Å². The van der Waals surface area contributed by atoms with Crippen LogP contribution < -0.4 is 0 Å². The minimum atomic E-state index is -0.975. The van der Waals surface area contributed by atoms with Gasteiger partial charge in [0.05, 0.1) is 6.33 Å². The minimum absolute atomic E-state index is 0.107. The first kappa shape index (κ1) is 8.77. The molecule has 0 saturated heterocycles. The largest absolute Gasteiger partial charge is 0.476 e. The second-order valence-electron chi connectivity index (χ2n) is 3.15. The molecule has 4 nitrogen and oxygen atoms in total. The quantitative estimate of drug-likeness (QED) is 0.738. The molecule has 1 aromatic rings. The number of carboxylic acid groups (broad SMARTS) is 1. The molecule has 1 N–H and O–H groups in total. The van der Waals surface area contributed by atoms with Crippen LogP contribution in [0.15, 0.2) is 12.5 Å². The Hall–Kier alpha value is -1.32. The summed E-state index contributed by atoms with van der Waals surface area (Å²) in [5, 5.41) is 8.56. The van der Waals surface area contributed by atoms with Crippen molar-refractivity contribution in [3.8, 4) is 0 Å². The zero-order valence-electron chi connectivity index (χ0n) is 7.19. The summed E-state index contributed by atoms with van der Waals surface area (Å²) in [4.78, 5) is 14.2. The number of rotatable bonds is 3. The molecule has 1 heterocycles. The average molecular weight is 168 g/mol. The van der Waals surface area contributed by atoms with Crippen LogP contribution in [0.3, 0.4) is 0 Å². The lowest BCUT2D eigenvalue weighted by Gasteiger charge is -2.03. The van der Waals surface area contributed by atoms with Gasteiger partial charge >= 0.3 is 5.97 Å². The molecule has 4 heteroatoms. The van der Waals surface area contributed by atoms with Crippen molar-refractivity contribution in [2.24, 2.45) is 5.92 Å². The van der Waals surface area contributed by atoms with E-state index in [1.54, 1.807) is 17.1 Å². The zero-order valence-corrected chi connectivity index (χ0v) is 7.19. The summed E-state index contributed by atoms with van der Waals surface area (Å²) in [6.07, 6.45) is 3.09. The van der Waals surface area contributed by atoms with Crippen LogP contribution in [0.25, 0.3) is 0 Å². The molecule has 0 bridgehead atoms. The summed E-state index contributed by atoms with van der Waals surface area (Å²) in [6.45, 7) is 4.95. The maximum Gasteiger partial charge on any atom is 0.356 e. The highest BCUT2D eigenvalue weighted by Crippen LogP contribution is 2.01. The number of hydrogen-bond acceptors (Lipinski definition) is 2. The van der Waals surface area contributed by atoms with Crippen LogP contribution in [0.4, 0.5) is 0 Å². The molecule has 66 valence electrons. The third-order valence-electron chi connectivity index (χ3n) is 1.43. The van der Waals surface area contributed by atoms with Gasteiger partial charge in [0.25, 0.3) is 0 Å². The van der Waals surface area contributed by atoms with Crippen LogP contribution in [-0.4, -0.2) is 20.6 Å². The van der Waals surface area contributed by atoms with E-state index < -0.39 is 5.97 Å². The summed E-state index contributed by atoms with van der Waals surface area (Å²) in [5.41, 5.74) is 0.107. The average Bonchev–Trinajstić information content (AvgIpc) is 2.34. The van der Waals surface area contributed by atoms with Crippen LogP contribution in [0.2, 0.25) is 0 Å². The Balaban J connectivity index is 2.71. The second-order valence-corrected chi connectivity index (χ2v) is 3.15. The summed E-state index contributed by atoms with van der Waals surface area (Å²) < 4.78 is 1.79. The first-order chi connectivity index (χ1) is 5.59. The van der Waals surface area contributed by atoms with Gasteiger partial charge in [0.15, 0.2) is 5.69 Å². The van der Waals surface area contributed by atoms with Gasteiger partial charge in [-0.3, -0.25) is 0 Å². The van der Waals surface area contributed by atoms with Gasteiger partial charge in [0.2, 0.25) is 0 Å². The minimum Gasteiger partial charge on any atom is -0.476 e. The molecule has 0 aliphatic heterocycles. The van der Waals surface area contributed by atoms with Gasteiger partial charge in [-0.1, -0.05) is 13.8 Å². The number of carbonyl (C=O) groups is 1. The summed E-state index contributed by atoms with van der Waals surface area (Å²) in [7, 11) is 0. The smallest absolute Gasteiger partial charge is 0.356 e. The van der Waals surface area contributed by atoms with Crippen LogP contribution in [-0.2, 0) is 6.54 Å². The standard InChI is InChI=1S/C8H12N2O2/c1-6(2)3-10-4-7(8(11)12)9-5-10/h4-6H,3H2,1-2H3,(H,11,12). The number of aromatic carboxylic acids is 1. The van der Waals surface area contributed by atoms with E-state index >= 15 is 0 Å². The van der Waals surface area contributed by atoms with Crippen molar-refractivity contribution in [2.45, 2.75) is 20.4 Å². The molecule has 0 fully saturated rings. The predicted octanol–water partition coefficient (Wildman–Crippen LogP) is 1.24. The second kappa shape index (κ2) is 3.38. The van der Waals surface area contributed by atoms with Crippen LogP contribution in [0.1, 0.15) is 24.3 Å². The van der Waals surface area contributed by atoms with E-state index in [0.29, 0.717) is 5.92 Å². The van der Waals surface area contributed by atoms with Gasteiger partial charge in [0, 0.05) is 12.7 Å². The summed E-state index contributed by atoms with van der Waals surface area (Å²) >= 11 is 0. The lowest BCUT2D eigenvalue weighted by molar-refractivity contribution is 0.0691. The van der Waals surface area contributed by atoms with Gasteiger partial charge in [-0.05, 0) is 5.92 Å². The number of carboxylic acids is 1. The third-order valence-corrected chi connectivity index (χ3v) is 1.43. The Bertz CT molecular complexity index is 278. The van der Waals surface area contributed by atoms with E-state index in [0.717, 1.165) is 6.54 Å².